The summed E-state index contributed by atoms with van der Waals surface area (Å²) in [5, 5.41) is 8.29. The van der Waals surface area contributed by atoms with E-state index in [-0.39, 0.29) is 44.9 Å². The summed E-state index contributed by atoms with van der Waals surface area (Å²) in [6, 6.07) is 11.0. The smallest absolute Gasteiger partial charge is 0.410 e. The number of ether oxygens (including phenoxy) is 6. The van der Waals surface area contributed by atoms with E-state index in [1.54, 1.807) is 44.3 Å². The van der Waals surface area contributed by atoms with Crippen molar-refractivity contribution in [2.24, 2.45) is 0 Å². The minimum Gasteiger partial charge on any atom is -0.454 e. The molecule has 1 fully saturated rings. The maximum absolute atomic E-state index is 15.5. The van der Waals surface area contributed by atoms with Crippen LogP contribution in [0.4, 0.5) is 37.6 Å². The van der Waals surface area contributed by atoms with Crippen LogP contribution in [0.5, 0.6) is 11.5 Å². The Morgan fingerprint density at radius 1 is 1.02 bits per heavy atom. The molecule has 1 saturated heterocycles. The fourth-order valence-electron chi connectivity index (χ4n) is 6.30. The second-order valence-corrected chi connectivity index (χ2v) is 14.7. The molecule has 3 N–H and O–H groups in total. The first-order valence-corrected chi connectivity index (χ1v) is 18.3. The first-order valence-electron chi connectivity index (χ1n) is 17.9. The van der Waals surface area contributed by atoms with E-state index in [4.69, 9.17) is 40.0 Å². The zero-order chi connectivity index (χ0) is 41.3. The van der Waals surface area contributed by atoms with Gasteiger partial charge in [0.1, 0.15) is 24.6 Å². The van der Waals surface area contributed by atoms with Crippen molar-refractivity contribution in [3.8, 4) is 11.5 Å². The molecule has 57 heavy (non-hydrogen) atoms. The summed E-state index contributed by atoms with van der Waals surface area (Å²) in [5.41, 5.74) is 1.28. The second-order valence-electron chi connectivity index (χ2n) is 14.3. The fourth-order valence-corrected chi connectivity index (χ4v) is 6.43. The molecule has 2 aromatic carbocycles. The van der Waals surface area contributed by atoms with Crippen molar-refractivity contribution in [3.63, 3.8) is 0 Å². The van der Waals surface area contributed by atoms with Gasteiger partial charge in [0.25, 0.3) is 0 Å². The summed E-state index contributed by atoms with van der Waals surface area (Å²) in [6.07, 6.45) is -5.19. The van der Waals surface area contributed by atoms with Crippen molar-refractivity contribution >= 4 is 35.6 Å². The largest absolute Gasteiger partial charge is 0.454 e. The molecule has 19 heteroatoms. The molecule has 2 aliphatic heterocycles. The summed E-state index contributed by atoms with van der Waals surface area (Å²) in [7, 11) is 1.24. The van der Waals surface area contributed by atoms with E-state index in [9.17, 15) is 27.6 Å². The van der Waals surface area contributed by atoms with Crippen molar-refractivity contribution in [2.75, 3.05) is 52.1 Å². The Kier molecular flexibility index (Phi) is 14.2. The van der Waals surface area contributed by atoms with Crippen molar-refractivity contribution in [1.82, 2.24) is 20.5 Å². The molecule has 2 aliphatic rings. The molecule has 0 aliphatic carbocycles. The Hall–Kier alpha value is -5.23. The van der Waals surface area contributed by atoms with Crippen LogP contribution in [0.1, 0.15) is 49.8 Å². The Labute approximate surface area is 331 Å². The van der Waals surface area contributed by atoms with Crippen LogP contribution in [0, 0.1) is 5.82 Å². The molecule has 4 atom stereocenters. The highest BCUT2D eigenvalue weighted by Gasteiger charge is 2.37. The summed E-state index contributed by atoms with van der Waals surface area (Å²) in [6.45, 7) is 2.88. The minimum atomic E-state index is -4.64. The van der Waals surface area contributed by atoms with E-state index in [0.717, 1.165) is 17.3 Å². The minimum absolute atomic E-state index is 0.0496. The van der Waals surface area contributed by atoms with Crippen LogP contribution in [-0.4, -0.2) is 105 Å². The predicted molar refractivity (Wildman–Crippen MR) is 198 cm³/mol. The molecule has 2 unspecified atom stereocenters. The van der Waals surface area contributed by atoms with Gasteiger partial charge in [0.15, 0.2) is 11.5 Å². The van der Waals surface area contributed by atoms with Crippen LogP contribution in [0.25, 0.3) is 0 Å². The third kappa shape index (κ3) is 12.4. The number of carbonyl (C=O) groups is 3. The number of methoxy groups -OCH3 is 1. The lowest BCUT2D eigenvalue weighted by Gasteiger charge is -2.39. The number of halogens is 5. The second kappa shape index (κ2) is 18.8. The van der Waals surface area contributed by atoms with E-state index in [0.29, 0.717) is 22.2 Å². The van der Waals surface area contributed by atoms with Gasteiger partial charge < -0.3 is 44.4 Å². The van der Waals surface area contributed by atoms with E-state index in [1.807, 2.05) is 24.3 Å². The molecule has 0 spiro atoms. The average molecular weight is 826 g/mol. The molecule has 3 amide bonds. The SMILES string of the molecule is COC(=O)N[C@@H](CNc1cncc(F)c1CCC1CN(C(=O)OC(C)(C)C)C(COC(=O)NCC(F)(F)F)CO1)[C@@H](c1ccc(Cl)cc1)c1ccc2c(c1)OCO2. The molecule has 0 bridgehead atoms. The number of hydrogen-bond acceptors (Lipinski definition) is 11. The number of benzene rings is 2. The number of fused-ring (bicyclic) bond motifs is 1. The number of nitrogens with zero attached hydrogens (tertiary/aromatic N) is 2. The number of nitrogens with one attached hydrogen (secondary N) is 3. The van der Waals surface area contributed by atoms with Crippen LogP contribution in [0.2, 0.25) is 5.02 Å². The zero-order valence-electron chi connectivity index (χ0n) is 31.6. The summed E-state index contributed by atoms with van der Waals surface area (Å²) in [5.74, 6) is 0.00848. The highest BCUT2D eigenvalue weighted by molar-refractivity contribution is 6.30. The van der Waals surface area contributed by atoms with Gasteiger partial charge in [-0.1, -0.05) is 29.8 Å². The van der Waals surface area contributed by atoms with Crippen LogP contribution in [-0.2, 0) is 25.4 Å². The van der Waals surface area contributed by atoms with Gasteiger partial charge in [0.2, 0.25) is 6.79 Å². The van der Waals surface area contributed by atoms with Gasteiger partial charge in [-0.25, -0.2) is 18.8 Å². The van der Waals surface area contributed by atoms with Gasteiger partial charge in [-0.3, -0.25) is 9.88 Å². The molecule has 1 aromatic heterocycles. The number of carbonyl (C=O) groups excluding carboxylic acids is 3. The summed E-state index contributed by atoms with van der Waals surface area (Å²) < 4.78 is 85.8. The van der Waals surface area contributed by atoms with E-state index < -0.39 is 73.1 Å². The topological polar surface area (TPSA) is 159 Å². The van der Waals surface area contributed by atoms with Crippen LogP contribution < -0.4 is 25.4 Å². The first-order chi connectivity index (χ1) is 27.0. The fraction of sp³-hybridized carbons (Fsp3) is 0.474. The summed E-state index contributed by atoms with van der Waals surface area (Å²) in [4.78, 5) is 43.2. The van der Waals surface area contributed by atoms with Crippen LogP contribution in [0.15, 0.2) is 54.9 Å². The Morgan fingerprint density at radius 2 is 1.74 bits per heavy atom. The lowest BCUT2D eigenvalue weighted by molar-refractivity contribution is -0.124. The van der Waals surface area contributed by atoms with E-state index in [2.05, 4.69) is 15.6 Å². The average Bonchev–Trinajstić information content (AvgIpc) is 3.63. The Balaban J connectivity index is 1.32. The van der Waals surface area contributed by atoms with Crippen molar-refractivity contribution in [3.05, 3.63) is 82.4 Å². The maximum atomic E-state index is 15.5. The molecule has 5 rings (SSSR count). The number of amides is 3. The number of pyridine rings is 1. The Morgan fingerprint density at radius 3 is 2.44 bits per heavy atom. The third-order valence-corrected chi connectivity index (χ3v) is 9.19. The molecule has 3 aromatic rings. The van der Waals surface area contributed by atoms with E-state index >= 15 is 4.39 Å². The first kappa shape index (κ1) is 42.9. The van der Waals surface area contributed by atoms with Crippen molar-refractivity contribution < 1.29 is 60.4 Å². The number of aromatic nitrogens is 1. The van der Waals surface area contributed by atoms with Gasteiger partial charge in [0, 0.05) is 23.0 Å². The third-order valence-electron chi connectivity index (χ3n) is 8.94. The number of alkyl halides is 3. The highest BCUT2D eigenvalue weighted by Crippen LogP contribution is 2.38. The molecule has 0 radical (unpaired) electrons. The number of morpholine rings is 1. The maximum Gasteiger partial charge on any atom is 0.410 e. The van der Waals surface area contributed by atoms with Crippen LogP contribution in [0.3, 0.4) is 0 Å². The molecule has 14 nitrogen and oxygen atoms in total. The summed E-state index contributed by atoms with van der Waals surface area (Å²) >= 11 is 6.22. The number of anilines is 1. The lowest BCUT2D eigenvalue weighted by atomic mass is 9.84. The zero-order valence-corrected chi connectivity index (χ0v) is 32.4. The van der Waals surface area contributed by atoms with Gasteiger partial charge in [-0.15, -0.1) is 0 Å². The van der Waals surface area contributed by atoms with Gasteiger partial charge >= 0.3 is 24.5 Å². The van der Waals surface area contributed by atoms with Crippen molar-refractivity contribution in [2.45, 2.75) is 69.5 Å². The normalized spacial score (nSPS) is 17.6. The molecule has 310 valence electrons. The number of alkyl carbamates (subject to hydrolysis) is 2. The monoisotopic (exact) mass is 825 g/mol. The standard InChI is InChI=1S/C38H44ClF4N5O9/c1-37(2,3)57-36(51)48-17-26(53-18-25(48)19-54-34(49)46-20-38(41,42)43)10-11-27-28(40)14-44-15-29(27)45-16-30(47-35(50)52-4)33(22-5-8-24(39)9-6-22)23-7-12-31-32(13-23)56-21-55-31/h5-9,12-15,25-26,30,33,45H,10-11,16-21H2,1-4H3,(H,46,49)(H,47,50)/t25?,26?,30-,33-/m0/s1. The molecular weight excluding hydrogens is 782 g/mol. The molecule has 0 saturated carbocycles. The van der Waals surface area contributed by atoms with Crippen molar-refractivity contribution in [1.29, 1.82) is 0 Å². The highest BCUT2D eigenvalue weighted by atomic mass is 35.5. The van der Waals surface area contributed by atoms with Gasteiger partial charge in [0.05, 0.1) is 56.5 Å². The Bertz CT molecular complexity index is 1870. The molecule has 3 heterocycles. The van der Waals surface area contributed by atoms with Gasteiger partial charge in [-0.2, -0.15) is 13.2 Å². The predicted octanol–water partition coefficient (Wildman–Crippen LogP) is 6.80. The number of rotatable bonds is 13. The molecular formula is C38H44ClF4N5O9. The van der Waals surface area contributed by atoms with E-state index in [1.165, 1.54) is 18.2 Å². The quantitative estimate of drug-likeness (QED) is 0.123. The van der Waals surface area contributed by atoms with Crippen LogP contribution >= 0.6 is 11.6 Å². The lowest BCUT2D eigenvalue weighted by Crippen LogP contribution is -2.55. The van der Waals surface area contributed by atoms with Gasteiger partial charge in [-0.05, 0) is 69.0 Å². The number of hydrogen-bond donors (Lipinski definition) is 3.